The van der Waals surface area contributed by atoms with Crippen LogP contribution in [0.2, 0.25) is 0 Å². The molecule has 0 radical (unpaired) electrons. The maximum atomic E-state index is 11.8. The molecule has 0 aromatic carbocycles. The fraction of sp³-hybridized carbons (Fsp3) is 0.385. The molecule has 0 bridgehead atoms. The third kappa shape index (κ3) is 2.47. The number of nitrogens with zero attached hydrogens (tertiary/aromatic N) is 3. The second kappa shape index (κ2) is 5.68. The lowest BCUT2D eigenvalue weighted by molar-refractivity contribution is 0.0513. The van der Waals surface area contributed by atoms with Gasteiger partial charge in [-0.3, -0.25) is 4.40 Å². The summed E-state index contributed by atoms with van der Waals surface area (Å²) in [7, 11) is 0. The zero-order chi connectivity index (χ0) is 14.7. The lowest BCUT2D eigenvalue weighted by atomic mass is 10.2. The van der Waals surface area contributed by atoms with Crippen LogP contribution in [0.15, 0.2) is 12.4 Å². The molecule has 20 heavy (non-hydrogen) atoms. The van der Waals surface area contributed by atoms with Crippen LogP contribution in [-0.4, -0.2) is 39.5 Å². The van der Waals surface area contributed by atoms with Crippen LogP contribution in [0.5, 0.6) is 0 Å². The first kappa shape index (κ1) is 14.0. The highest BCUT2D eigenvalue weighted by atomic mass is 16.5. The van der Waals surface area contributed by atoms with E-state index in [4.69, 9.17) is 9.47 Å². The summed E-state index contributed by atoms with van der Waals surface area (Å²) in [4.78, 5) is 31.5. The number of aromatic nitrogens is 3. The molecule has 7 heteroatoms. The highest BCUT2D eigenvalue weighted by Crippen LogP contribution is 2.13. The number of carbonyl (C=O) groups excluding carboxylic acids is 2. The Kier molecular flexibility index (Phi) is 3.97. The molecule has 106 valence electrons. The molecule has 0 aliphatic rings. The Labute approximate surface area is 115 Å². The molecule has 0 atom stereocenters. The Morgan fingerprint density at radius 3 is 2.50 bits per heavy atom. The largest absolute Gasteiger partial charge is 0.462 e. The van der Waals surface area contributed by atoms with Gasteiger partial charge in [-0.1, -0.05) is 0 Å². The lowest BCUT2D eigenvalue weighted by Gasteiger charge is -2.06. The molecule has 2 heterocycles. The summed E-state index contributed by atoms with van der Waals surface area (Å²) in [6, 6.07) is 0. The van der Waals surface area contributed by atoms with Crippen LogP contribution in [0.4, 0.5) is 0 Å². The van der Waals surface area contributed by atoms with Crippen molar-refractivity contribution >= 4 is 17.7 Å². The average Bonchev–Trinajstić information content (AvgIpc) is 2.84. The Bertz CT molecular complexity index is 663. The highest BCUT2D eigenvalue weighted by molar-refractivity contribution is 5.91. The Balaban J connectivity index is 2.45. The number of carbonyl (C=O) groups is 2. The average molecular weight is 277 g/mol. The van der Waals surface area contributed by atoms with Gasteiger partial charge in [0, 0.05) is 18.1 Å². The van der Waals surface area contributed by atoms with Gasteiger partial charge in [0.15, 0.2) is 5.69 Å². The fourth-order valence-corrected chi connectivity index (χ4v) is 1.77. The van der Waals surface area contributed by atoms with Crippen molar-refractivity contribution in [2.24, 2.45) is 0 Å². The van der Waals surface area contributed by atoms with E-state index in [1.165, 1.54) is 12.4 Å². The standard InChI is InChI=1S/C13H15N3O4/c1-4-19-11(17)9-6-14-13-15-10(12(18)20-5-2)7-16(13)8(9)3/h6-7H,4-5H2,1-3H3. The van der Waals surface area contributed by atoms with E-state index in [0.29, 0.717) is 17.0 Å². The molecule has 0 spiro atoms. The molecule has 2 aromatic rings. The summed E-state index contributed by atoms with van der Waals surface area (Å²) in [5.41, 5.74) is 1.10. The van der Waals surface area contributed by atoms with E-state index in [9.17, 15) is 9.59 Å². The molecule has 2 aromatic heterocycles. The molecule has 0 fully saturated rings. The lowest BCUT2D eigenvalue weighted by Crippen LogP contribution is -2.10. The van der Waals surface area contributed by atoms with Crippen LogP contribution in [0, 0.1) is 6.92 Å². The van der Waals surface area contributed by atoms with Crippen molar-refractivity contribution in [3.05, 3.63) is 29.3 Å². The molecule has 0 N–H and O–H groups in total. The maximum absolute atomic E-state index is 11.8. The van der Waals surface area contributed by atoms with E-state index in [1.807, 2.05) is 0 Å². The zero-order valence-corrected chi connectivity index (χ0v) is 11.5. The number of ether oxygens (including phenoxy) is 2. The summed E-state index contributed by atoms with van der Waals surface area (Å²) in [5, 5.41) is 0. The molecule has 0 amide bonds. The number of fused-ring (bicyclic) bond motifs is 1. The second-order valence-electron chi connectivity index (χ2n) is 3.99. The van der Waals surface area contributed by atoms with Gasteiger partial charge < -0.3 is 9.47 Å². The normalized spacial score (nSPS) is 10.6. The first-order valence-corrected chi connectivity index (χ1v) is 6.27. The summed E-state index contributed by atoms with van der Waals surface area (Å²) in [5.74, 6) is -0.639. The predicted molar refractivity (Wildman–Crippen MR) is 69.6 cm³/mol. The summed E-state index contributed by atoms with van der Waals surface area (Å²) in [6.07, 6.45) is 2.89. The van der Waals surface area contributed by atoms with Crippen LogP contribution < -0.4 is 0 Å². The van der Waals surface area contributed by atoms with E-state index >= 15 is 0 Å². The predicted octanol–water partition coefficient (Wildman–Crippen LogP) is 1.39. The van der Waals surface area contributed by atoms with Gasteiger partial charge in [-0.2, -0.15) is 0 Å². The van der Waals surface area contributed by atoms with Crippen LogP contribution in [0.1, 0.15) is 40.4 Å². The van der Waals surface area contributed by atoms with Crippen molar-refractivity contribution in [2.75, 3.05) is 13.2 Å². The van der Waals surface area contributed by atoms with Crippen molar-refractivity contribution in [2.45, 2.75) is 20.8 Å². The number of rotatable bonds is 4. The molecule has 2 rings (SSSR count). The van der Waals surface area contributed by atoms with E-state index < -0.39 is 11.9 Å². The van der Waals surface area contributed by atoms with Crippen molar-refractivity contribution < 1.29 is 19.1 Å². The minimum absolute atomic E-state index is 0.156. The molecular formula is C13H15N3O4. The maximum Gasteiger partial charge on any atom is 0.358 e. The van der Waals surface area contributed by atoms with Gasteiger partial charge in [0.1, 0.15) is 0 Å². The Morgan fingerprint density at radius 1 is 1.20 bits per heavy atom. The van der Waals surface area contributed by atoms with E-state index in [-0.39, 0.29) is 18.9 Å². The summed E-state index contributed by atoms with van der Waals surface area (Å²) >= 11 is 0. The number of imidazole rings is 1. The number of aryl methyl sites for hydroxylation is 1. The van der Waals surface area contributed by atoms with Crippen LogP contribution in [0.25, 0.3) is 5.78 Å². The topological polar surface area (TPSA) is 82.8 Å². The molecule has 0 saturated heterocycles. The summed E-state index contributed by atoms with van der Waals surface area (Å²) < 4.78 is 11.4. The molecular weight excluding hydrogens is 262 g/mol. The van der Waals surface area contributed by atoms with E-state index in [0.717, 1.165) is 0 Å². The van der Waals surface area contributed by atoms with Gasteiger partial charge in [0.05, 0.1) is 18.8 Å². The van der Waals surface area contributed by atoms with Gasteiger partial charge in [0.2, 0.25) is 5.78 Å². The first-order chi connectivity index (χ1) is 9.58. The molecule has 7 nitrogen and oxygen atoms in total. The third-order valence-electron chi connectivity index (χ3n) is 2.73. The van der Waals surface area contributed by atoms with Crippen LogP contribution >= 0.6 is 0 Å². The molecule has 0 unspecified atom stereocenters. The Morgan fingerprint density at radius 2 is 1.85 bits per heavy atom. The van der Waals surface area contributed by atoms with Crippen LogP contribution in [0.3, 0.4) is 0 Å². The minimum atomic E-state index is -0.518. The molecule has 0 aliphatic heterocycles. The van der Waals surface area contributed by atoms with Gasteiger partial charge in [-0.05, 0) is 20.8 Å². The SMILES string of the molecule is CCOC(=O)c1cn2c(C)c(C(=O)OCC)cnc2n1. The smallest absolute Gasteiger partial charge is 0.358 e. The van der Waals surface area contributed by atoms with E-state index in [1.54, 1.807) is 25.2 Å². The van der Waals surface area contributed by atoms with Gasteiger partial charge in [0.25, 0.3) is 0 Å². The molecule has 0 saturated carbocycles. The summed E-state index contributed by atoms with van der Waals surface area (Å²) in [6.45, 7) is 5.74. The minimum Gasteiger partial charge on any atom is -0.462 e. The zero-order valence-electron chi connectivity index (χ0n) is 11.5. The Hall–Kier alpha value is -2.44. The van der Waals surface area contributed by atoms with Crippen molar-refractivity contribution in [1.82, 2.24) is 14.4 Å². The van der Waals surface area contributed by atoms with Crippen molar-refractivity contribution in [1.29, 1.82) is 0 Å². The van der Waals surface area contributed by atoms with Gasteiger partial charge in [-0.15, -0.1) is 0 Å². The second-order valence-corrected chi connectivity index (χ2v) is 3.99. The third-order valence-corrected chi connectivity index (χ3v) is 2.73. The van der Waals surface area contributed by atoms with Gasteiger partial charge in [-0.25, -0.2) is 19.6 Å². The number of hydrogen-bond acceptors (Lipinski definition) is 6. The first-order valence-electron chi connectivity index (χ1n) is 6.27. The van der Waals surface area contributed by atoms with Crippen molar-refractivity contribution in [3.63, 3.8) is 0 Å². The van der Waals surface area contributed by atoms with Crippen LogP contribution in [-0.2, 0) is 9.47 Å². The van der Waals surface area contributed by atoms with Gasteiger partial charge >= 0.3 is 11.9 Å². The molecule has 0 aliphatic carbocycles. The number of esters is 2. The monoisotopic (exact) mass is 277 g/mol. The quantitative estimate of drug-likeness (QED) is 0.785. The fourth-order valence-electron chi connectivity index (χ4n) is 1.77. The highest BCUT2D eigenvalue weighted by Gasteiger charge is 2.17. The van der Waals surface area contributed by atoms with E-state index in [2.05, 4.69) is 9.97 Å². The van der Waals surface area contributed by atoms with Crippen molar-refractivity contribution in [3.8, 4) is 0 Å². The number of hydrogen-bond donors (Lipinski definition) is 0.